The highest BCUT2D eigenvalue weighted by Gasteiger charge is 2.23. The number of hydrogen-bond donors (Lipinski definition) is 0. The SMILES string of the molecule is Cc1ccc(C2=NC(=Cc3ccc4ccccc4c3)C(=O)O2)cc1. The van der Waals surface area contributed by atoms with Gasteiger partial charge in [-0.15, -0.1) is 0 Å². The number of carbonyl (C=O) groups is 1. The van der Waals surface area contributed by atoms with Crippen LogP contribution in [0.15, 0.2) is 77.4 Å². The molecule has 0 radical (unpaired) electrons. The first-order valence-corrected chi connectivity index (χ1v) is 7.77. The summed E-state index contributed by atoms with van der Waals surface area (Å²) >= 11 is 0. The lowest BCUT2D eigenvalue weighted by Crippen LogP contribution is -2.05. The maximum absolute atomic E-state index is 12.1. The molecule has 1 aliphatic heterocycles. The van der Waals surface area contributed by atoms with Gasteiger partial charge >= 0.3 is 5.97 Å². The molecule has 0 aliphatic carbocycles. The van der Waals surface area contributed by atoms with Gasteiger partial charge in [-0.1, -0.05) is 54.1 Å². The number of aryl methyl sites for hydroxylation is 1. The normalized spacial score (nSPS) is 15.6. The predicted molar refractivity (Wildman–Crippen MR) is 95.7 cm³/mol. The fourth-order valence-corrected chi connectivity index (χ4v) is 2.68. The van der Waals surface area contributed by atoms with Crippen molar-refractivity contribution in [3.63, 3.8) is 0 Å². The van der Waals surface area contributed by atoms with E-state index in [-0.39, 0.29) is 0 Å². The van der Waals surface area contributed by atoms with Gasteiger partial charge in [0.05, 0.1) is 0 Å². The van der Waals surface area contributed by atoms with Crippen LogP contribution in [0.3, 0.4) is 0 Å². The van der Waals surface area contributed by atoms with Gasteiger partial charge in [0.1, 0.15) is 0 Å². The van der Waals surface area contributed by atoms with E-state index in [4.69, 9.17) is 4.74 Å². The summed E-state index contributed by atoms with van der Waals surface area (Å²) in [6.07, 6.45) is 1.76. The Kier molecular flexibility index (Phi) is 3.47. The molecule has 0 bridgehead atoms. The molecule has 0 amide bonds. The summed E-state index contributed by atoms with van der Waals surface area (Å²) in [4.78, 5) is 16.4. The first-order valence-electron chi connectivity index (χ1n) is 7.77. The maximum Gasteiger partial charge on any atom is 0.363 e. The standard InChI is InChI=1S/C21H15NO2/c1-14-6-9-17(10-7-14)20-22-19(21(23)24-20)13-15-8-11-16-4-2-3-5-18(16)12-15/h2-13H,1H3. The first kappa shape index (κ1) is 14.4. The van der Waals surface area contributed by atoms with E-state index in [1.807, 2.05) is 67.6 Å². The monoisotopic (exact) mass is 313 g/mol. The van der Waals surface area contributed by atoms with Crippen molar-refractivity contribution in [1.29, 1.82) is 0 Å². The van der Waals surface area contributed by atoms with Crippen molar-refractivity contribution >= 4 is 28.7 Å². The lowest BCUT2D eigenvalue weighted by atomic mass is 10.1. The number of fused-ring (bicyclic) bond motifs is 1. The zero-order valence-electron chi connectivity index (χ0n) is 13.2. The van der Waals surface area contributed by atoms with Crippen LogP contribution in [0.5, 0.6) is 0 Å². The van der Waals surface area contributed by atoms with Gasteiger partial charge in [0.25, 0.3) is 0 Å². The molecule has 0 saturated carbocycles. The van der Waals surface area contributed by atoms with Crippen molar-refractivity contribution in [2.75, 3.05) is 0 Å². The van der Waals surface area contributed by atoms with Crippen molar-refractivity contribution in [2.45, 2.75) is 6.92 Å². The number of carbonyl (C=O) groups excluding carboxylic acids is 1. The Morgan fingerprint density at radius 3 is 2.46 bits per heavy atom. The zero-order valence-corrected chi connectivity index (χ0v) is 13.2. The van der Waals surface area contributed by atoms with Crippen molar-refractivity contribution in [1.82, 2.24) is 0 Å². The van der Waals surface area contributed by atoms with Crippen LogP contribution in [0.2, 0.25) is 0 Å². The Hall–Kier alpha value is -3.20. The van der Waals surface area contributed by atoms with Crippen LogP contribution in [0.4, 0.5) is 0 Å². The molecular formula is C21H15NO2. The van der Waals surface area contributed by atoms with E-state index in [1.54, 1.807) is 6.08 Å². The predicted octanol–water partition coefficient (Wildman–Crippen LogP) is 4.49. The summed E-state index contributed by atoms with van der Waals surface area (Å²) in [5.41, 5.74) is 3.20. The number of hydrogen-bond acceptors (Lipinski definition) is 3. The average molecular weight is 313 g/mol. The van der Waals surface area contributed by atoms with Gasteiger partial charge in [-0.2, -0.15) is 0 Å². The number of esters is 1. The highest BCUT2D eigenvalue weighted by atomic mass is 16.6. The lowest BCUT2D eigenvalue weighted by molar-refractivity contribution is -0.129. The smallest absolute Gasteiger partial charge is 0.363 e. The molecule has 0 N–H and O–H groups in total. The van der Waals surface area contributed by atoms with E-state index in [0.29, 0.717) is 11.6 Å². The third-order valence-corrected chi connectivity index (χ3v) is 4.00. The van der Waals surface area contributed by atoms with Crippen molar-refractivity contribution < 1.29 is 9.53 Å². The van der Waals surface area contributed by atoms with Crippen LogP contribution >= 0.6 is 0 Å². The molecule has 4 rings (SSSR count). The van der Waals surface area contributed by atoms with Gasteiger partial charge in [-0.05, 0) is 47.5 Å². The molecule has 1 aliphatic rings. The van der Waals surface area contributed by atoms with E-state index in [2.05, 4.69) is 11.1 Å². The van der Waals surface area contributed by atoms with Crippen LogP contribution < -0.4 is 0 Å². The van der Waals surface area contributed by atoms with Crippen LogP contribution in [0, 0.1) is 6.92 Å². The molecule has 3 aromatic carbocycles. The summed E-state index contributed by atoms with van der Waals surface area (Å²) in [7, 11) is 0. The minimum absolute atomic E-state index is 0.320. The Balaban J connectivity index is 1.70. The summed E-state index contributed by atoms with van der Waals surface area (Å²) in [6, 6.07) is 21.9. The van der Waals surface area contributed by atoms with E-state index in [9.17, 15) is 4.79 Å². The Morgan fingerprint density at radius 2 is 1.67 bits per heavy atom. The second-order valence-corrected chi connectivity index (χ2v) is 5.81. The summed E-state index contributed by atoms with van der Waals surface area (Å²) in [6.45, 7) is 2.01. The minimum atomic E-state index is -0.418. The molecule has 0 fully saturated rings. The molecule has 3 nitrogen and oxygen atoms in total. The molecule has 3 heteroatoms. The van der Waals surface area contributed by atoms with Crippen LogP contribution in [-0.2, 0) is 9.53 Å². The van der Waals surface area contributed by atoms with Gasteiger partial charge in [0.2, 0.25) is 5.90 Å². The Labute approximate surface area is 139 Å². The molecule has 0 atom stereocenters. The van der Waals surface area contributed by atoms with Gasteiger partial charge in [0, 0.05) is 5.56 Å². The zero-order chi connectivity index (χ0) is 16.5. The molecule has 0 spiro atoms. The molecule has 24 heavy (non-hydrogen) atoms. The molecule has 0 aromatic heterocycles. The average Bonchev–Trinajstić information content (AvgIpc) is 2.96. The van der Waals surface area contributed by atoms with E-state index >= 15 is 0 Å². The lowest BCUT2D eigenvalue weighted by Gasteiger charge is -1.99. The highest BCUT2D eigenvalue weighted by Crippen LogP contribution is 2.22. The topological polar surface area (TPSA) is 38.7 Å². The van der Waals surface area contributed by atoms with Crippen molar-refractivity contribution in [2.24, 2.45) is 4.99 Å². The van der Waals surface area contributed by atoms with Crippen molar-refractivity contribution in [3.8, 4) is 0 Å². The summed E-state index contributed by atoms with van der Waals surface area (Å²) in [5.74, 6) is -0.0641. The van der Waals surface area contributed by atoms with Gasteiger partial charge < -0.3 is 4.74 Å². The molecule has 116 valence electrons. The van der Waals surface area contributed by atoms with E-state index in [1.165, 1.54) is 0 Å². The molecular weight excluding hydrogens is 298 g/mol. The Bertz CT molecular complexity index is 998. The second kappa shape index (κ2) is 5.78. The molecule has 3 aromatic rings. The van der Waals surface area contributed by atoms with E-state index < -0.39 is 5.97 Å². The quantitative estimate of drug-likeness (QED) is 0.516. The Morgan fingerprint density at radius 1 is 0.917 bits per heavy atom. The first-order chi connectivity index (χ1) is 11.7. The molecule has 0 saturated heterocycles. The minimum Gasteiger partial charge on any atom is -0.402 e. The van der Waals surface area contributed by atoms with Crippen LogP contribution in [0.25, 0.3) is 16.8 Å². The maximum atomic E-state index is 12.1. The number of ether oxygens (including phenoxy) is 1. The van der Waals surface area contributed by atoms with Gasteiger partial charge in [-0.25, -0.2) is 9.79 Å². The highest BCUT2D eigenvalue weighted by molar-refractivity contribution is 6.13. The largest absolute Gasteiger partial charge is 0.402 e. The number of nitrogens with zero attached hydrogens (tertiary/aromatic N) is 1. The second-order valence-electron chi connectivity index (χ2n) is 5.81. The number of cyclic esters (lactones) is 1. The van der Waals surface area contributed by atoms with Crippen molar-refractivity contribution in [3.05, 3.63) is 89.1 Å². The number of aliphatic imine (C=N–C) groups is 1. The summed E-state index contributed by atoms with van der Waals surface area (Å²) < 4.78 is 5.30. The molecule has 1 heterocycles. The third-order valence-electron chi connectivity index (χ3n) is 4.00. The number of benzene rings is 3. The van der Waals surface area contributed by atoms with Crippen LogP contribution in [0.1, 0.15) is 16.7 Å². The van der Waals surface area contributed by atoms with Gasteiger partial charge in [0.15, 0.2) is 5.70 Å². The van der Waals surface area contributed by atoms with E-state index in [0.717, 1.165) is 27.5 Å². The fourth-order valence-electron chi connectivity index (χ4n) is 2.68. The number of rotatable bonds is 2. The van der Waals surface area contributed by atoms with Gasteiger partial charge in [-0.3, -0.25) is 0 Å². The molecule has 0 unspecified atom stereocenters. The third kappa shape index (κ3) is 2.72. The summed E-state index contributed by atoms with van der Waals surface area (Å²) in [5, 5.41) is 2.29. The van der Waals surface area contributed by atoms with Crippen LogP contribution in [-0.4, -0.2) is 11.9 Å². The fraction of sp³-hybridized carbons (Fsp3) is 0.0476.